The molecule has 6 heteroatoms. The maximum Gasteiger partial charge on any atom is 0.237 e. The summed E-state index contributed by atoms with van der Waals surface area (Å²) >= 11 is 4.85. The minimum Gasteiger partial charge on any atom is -0.493 e. The number of anilines is 1. The van der Waals surface area contributed by atoms with E-state index < -0.39 is 0 Å². The standard InChI is InChI=1S/C17H18BrNO3S/c1-11(17(20)19-13-6-4-5-12(18)9-13)23-14-7-8-15(21-2)16(10-14)22-3/h4-11H,1-3H3,(H,19,20). The van der Waals surface area contributed by atoms with Gasteiger partial charge in [0.05, 0.1) is 19.5 Å². The number of nitrogens with one attached hydrogen (secondary N) is 1. The van der Waals surface area contributed by atoms with E-state index in [-0.39, 0.29) is 11.2 Å². The van der Waals surface area contributed by atoms with Crippen LogP contribution in [0.5, 0.6) is 11.5 Å². The molecule has 0 aromatic heterocycles. The van der Waals surface area contributed by atoms with E-state index in [1.807, 2.05) is 49.4 Å². The third kappa shape index (κ3) is 4.91. The number of rotatable bonds is 6. The molecule has 2 aromatic rings. The molecule has 0 spiro atoms. The van der Waals surface area contributed by atoms with Crippen LogP contribution in [0.2, 0.25) is 0 Å². The molecule has 1 atom stereocenters. The first-order valence-electron chi connectivity index (χ1n) is 6.98. The molecule has 0 saturated heterocycles. The lowest BCUT2D eigenvalue weighted by Gasteiger charge is -2.14. The summed E-state index contributed by atoms with van der Waals surface area (Å²) in [5.41, 5.74) is 0.768. The first-order valence-corrected chi connectivity index (χ1v) is 8.66. The monoisotopic (exact) mass is 395 g/mol. The van der Waals surface area contributed by atoms with Gasteiger partial charge in [-0.3, -0.25) is 4.79 Å². The Labute approximate surface area is 148 Å². The Kier molecular flexibility index (Phi) is 6.36. The third-order valence-electron chi connectivity index (χ3n) is 3.13. The number of methoxy groups -OCH3 is 2. The van der Waals surface area contributed by atoms with Gasteiger partial charge in [0.1, 0.15) is 0 Å². The first kappa shape index (κ1) is 17.7. The molecular weight excluding hydrogens is 378 g/mol. The molecule has 0 fully saturated rings. The van der Waals surface area contributed by atoms with Crippen LogP contribution in [0.15, 0.2) is 51.8 Å². The number of halogens is 1. The average molecular weight is 396 g/mol. The fourth-order valence-corrected chi connectivity index (χ4v) is 3.25. The molecule has 0 aliphatic rings. The van der Waals surface area contributed by atoms with E-state index in [9.17, 15) is 4.79 Å². The van der Waals surface area contributed by atoms with E-state index in [1.165, 1.54) is 11.8 Å². The predicted octanol–water partition coefficient (Wildman–Crippen LogP) is 4.59. The van der Waals surface area contributed by atoms with E-state index in [0.29, 0.717) is 11.5 Å². The second-order valence-electron chi connectivity index (χ2n) is 4.78. The number of hydrogen-bond acceptors (Lipinski definition) is 4. The van der Waals surface area contributed by atoms with Crippen molar-refractivity contribution in [3.05, 3.63) is 46.9 Å². The summed E-state index contributed by atoms with van der Waals surface area (Å²) in [6, 6.07) is 13.1. The Balaban J connectivity index is 2.03. The summed E-state index contributed by atoms with van der Waals surface area (Å²) < 4.78 is 11.4. The molecule has 2 aromatic carbocycles. The van der Waals surface area contributed by atoms with Gasteiger partial charge in [-0.15, -0.1) is 11.8 Å². The van der Waals surface area contributed by atoms with Crippen molar-refractivity contribution in [3.63, 3.8) is 0 Å². The fourth-order valence-electron chi connectivity index (χ4n) is 1.96. The smallest absolute Gasteiger partial charge is 0.237 e. The van der Waals surface area contributed by atoms with E-state index in [0.717, 1.165) is 15.1 Å². The van der Waals surface area contributed by atoms with Crippen molar-refractivity contribution >= 4 is 39.3 Å². The summed E-state index contributed by atoms with van der Waals surface area (Å²) in [5, 5.41) is 2.66. The molecule has 23 heavy (non-hydrogen) atoms. The summed E-state index contributed by atoms with van der Waals surface area (Å²) in [7, 11) is 3.19. The van der Waals surface area contributed by atoms with E-state index in [4.69, 9.17) is 9.47 Å². The quantitative estimate of drug-likeness (QED) is 0.726. The highest BCUT2D eigenvalue weighted by atomic mass is 79.9. The van der Waals surface area contributed by atoms with Crippen molar-refractivity contribution in [3.8, 4) is 11.5 Å². The zero-order valence-electron chi connectivity index (χ0n) is 13.1. The SMILES string of the molecule is COc1ccc(SC(C)C(=O)Nc2cccc(Br)c2)cc1OC. The summed E-state index contributed by atoms with van der Waals surface area (Å²) in [6.45, 7) is 1.87. The van der Waals surface area contributed by atoms with Gasteiger partial charge in [-0.1, -0.05) is 22.0 Å². The lowest BCUT2D eigenvalue weighted by molar-refractivity contribution is -0.115. The van der Waals surface area contributed by atoms with E-state index in [2.05, 4.69) is 21.2 Å². The number of carbonyl (C=O) groups is 1. The highest BCUT2D eigenvalue weighted by Gasteiger charge is 2.16. The van der Waals surface area contributed by atoms with Crippen molar-refractivity contribution < 1.29 is 14.3 Å². The molecule has 0 aliphatic carbocycles. The molecule has 0 heterocycles. The van der Waals surface area contributed by atoms with Gasteiger partial charge in [0.2, 0.25) is 5.91 Å². The van der Waals surface area contributed by atoms with Crippen LogP contribution < -0.4 is 14.8 Å². The number of benzene rings is 2. The Morgan fingerprint density at radius 3 is 2.52 bits per heavy atom. The summed E-state index contributed by atoms with van der Waals surface area (Å²) in [6.07, 6.45) is 0. The number of ether oxygens (including phenoxy) is 2. The summed E-state index contributed by atoms with van der Waals surface area (Å²) in [4.78, 5) is 13.2. The molecule has 0 bridgehead atoms. The van der Waals surface area contributed by atoms with Gasteiger partial charge in [0.15, 0.2) is 11.5 Å². The summed E-state index contributed by atoms with van der Waals surface area (Å²) in [5.74, 6) is 1.27. The molecule has 1 N–H and O–H groups in total. The Morgan fingerprint density at radius 1 is 1.13 bits per heavy atom. The van der Waals surface area contributed by atoms with Crippen LogP contribution in [-0.4, -0.2) is 25.4 Å². The zero-order valence-corrected chi connectivity index (χ0v) is 15.5. The van der Waals surface area contributed by atoms with Crippen LogP contribution in [0.3, 0.4) is 0 Å². The number of hydrogen-bond donors (Lipinski definition) is 1. The van der Waals surface area contributed by atoms with Crippen molar-refractivity contribution in [2.75, 3.05) is 19.5 Å². The maximum absolute atomic E-state index is 12.3. The molecule has 122 valence electrons. The average Bonchev–Trinajstić information content (AvgIpc) is 2.54. The van der Waals surface area contributed by atoms with Crippen LogP contribution in [0.25, 0.3) is 0 Å². The zero-order chi connectivity index (χ0) is 16.8. The largest absolute Gasteiger partial charge is 0.493 e. The molecule has 2 rings (SSSR count). The molecule has 0 saturated carbocycles. The van der Waals surface area contributed by atoms with Gasteiger partial charge in [-0.25, -0.2) is 0 Å². The van der Waals surface area contributed by atoms with E-state index >= 15 is 0 Å². The van der Waals surface area contributed by atoms with Crippen LogP contribution in [-0.2, 0) is 4.79 Å². The van der Waals surface area contributed by atoms with Gasteiger partial charge in [0.25, 0.3) is 0 Å². The van der Waals surface area contributed by atoms with Gasteiger partial charge < -0.3 is 14.8 Å². The van der Waals surface area contributed by atoms with Gasteiger partial charge in [0, 0.05) is 15.1 Å². The van der Waals surface area contributed by atoms with Crippen LogP contribution in [0.1, 0.15) is 6.92 Å². The van der Waals surface area contributed by atoms with Crippen molar-refractivity contribution in [1.82, 2.24) is 0 Å². The Bertz CT molecular complexity index is 693. The van der Waals surface area contributed by atoms with Crippen LogP contribution >= 0.6 is 27.7 Å². The molecule has 0 aliphatic heterocycles. The second-order valence-corrected chi connectivity index (χ2v) is 7.11. The van der Waals surface area contributed by atoms with Crippen LogP contribution in [0, 0.1) is 0 Å². The minimum atomic E-state index is -0.243. The topological polar surface area (TPSA) is 47.6 Å². The lowest BCUT2D eigenvalue weighted by Crippen LogP contribution is -2.22. The van der Waals surface area contributed by atoms with Crippen molar-refractivity contribution in [2.45, 2.75) is 17.1 Å². The fraction of sp³-hybridized carbons (Fsp3) is 0.235. The second kappa shape index (κ2) is 8.26. The molecule has 0 radical (unpaired) electrons. The molecular formula is C17H18BrNO3S. The molecule has 1 unspecified atom stereocenters. The Morgan fingerprint density at radius 2 is 1.87 bits per heavy atom. The van der Waals surface area contributed by atoms with Crippen molar-refractivity contribution in [1.29, 1.82) is 0 Å². The van der Waals surface area contributed by atoms with Crippen LogP contribution in [0.4, 0.5) is 5.69 Å². The maximum atomic E-state index is 12.3. The molecule has 1 amide bonds. The number of amides is 1. The minimum absolute atomic E-state index is 0.0529. The Hall–Kier alpha value is -1.66. The number of carbonyl (C=O) groups excluding carboxylic acids is 1. The predicted molar refractivity (Wildman–Crippen MR) is 97.6 cm³/mol. The third-order valence-corrected chi connectivity index (χ3v) is 4.72. The first-order chi connectivity index (χ1) is 11.0. The van der Waals surface area contributed by atoms with Crippen molar-refractivity contribution in [2.24, 2.45) is 0 Å². The highest BCUT2D eigenvalue weighted by molar-refractivity contribution is 9.10. The van der Waals surface area contributed by atoms with Gasteiger partial charge >= 0.3 is 0 Å². The highest BCUT2D eigenvalue weighted by Crippen LogP contribution is 2.33. The number of thioether (sulfide) groups is 1. The lowest BCUT2D eigenvalue weighted by atomic mass is 10.3. The van der Waals surface area contributed by atoms with E-state index in [1.54, 1.807) is 14.2 Å². The van der Waals surface area contributed by atoms with Gasteiger partial charge in [-0.05, 0) is 43.3 Å². The molecule has 4 nitrogen and oxygen atoms in total. The van der Waals surface area contributed by atoms with Gasteiger partial charge in [-0.2, -0.15) is 0 Å². The normalized spacial score (nSPS) is 11.7.